The van der Waals surface area contributed by atoms with Crippen molar-refractivity contribution >= 4 is 45.2 Å². The summed E-state index contributed by atoms with van der Waals surface area (Å²) in [5.41, 5.74) is 8.15. The summed E-state index contributed by atoms with van der Waals surface area (Å²) < 4.78 is 27.6. The lowest BCUT2D eigenvalue weighted by molar-refractivity contribution is -0.445. The SMILES string of the molecule is Cc1ccc(S(=O)(=O)NCC(=O)N2CCC[C@H]2C(=O)N[C@@H](CCCNC(=N)N)C(=O)C(C(=O)O)c2ccc(N[N+](=O)[O-])cc2)cc1. The first-order valence-electron chi connectivity index (χ1n) is 14.2. The van der Waals surface area contributed by atoms with Gasteiger partial charge in [-0.05, 0) is 62.4 Å². The number of likely N-dealkylation sites (tertiary alicyclic amines) is 1. The van der Waals surface area contributed by atoms with E-state index in [4.69, 9.17) is 11.1 Å². The second-order valence-corrected chi connectivity index (χ2v) is 12.4. The zero-order valence-corrected chi connectivity index (χ0v) is 25.7. The molecule has 1 fully saturated rings. The Hall–Kier alpha value is -5.10. The van der Waals surface area contributed by atoms with E-state index in [-0.39, 0.29) is 54.5 Å². The quantitative estimate of drug-likeness (QED) is 0.0314. The number of carboxylic acid groups (broad SMARTS) is 1. The van der Waals surface area contributed by atoms with Crippen LogP contribution in [-0.4, -0.2) is 84.7 Å². The van der Waals surface area contributed by atoms with Crippen molar-refractivity contribution in [2.75, 3.05) is 25.1 Å². The molecule has 2 amide bonds. The van der Waals surface area contributed by atoms with E-state index in [0.717, 1.165) is 5.56 Å². The van der Waals surface area contributed by atoms with Crippen LogP contribution in [0.2, 0.25) is 0 Å². The summed E-state index contributed by atoms with van der Waals surface area (Å²) >= 11 is 0. The predicted molar refractivity (Wildman–Crippen MR) is 165 cm³/mol. The number of hydrazine groups is 1. The Bertz CT molecular complexity index is 1570. The minimum absolute atomic E-state index is 0.0195. The fourth-order valence-corrected chi connectivity index (χ4v) is 5.94. The van der Waals surface area contributed by atoms with E-state index < -0.39 is 63.2 Å². The molecule has 1 aliphatic heterocycles. The lowest BCUT2D eigenvalue weighted by Gasteiger charge is -2.27. The van der Waals surface area contributed by atoms with Gasteiger partial charge >= 0.3 is 5.97 Å². The van der Waals surface area contributed by atoms with Crippen LogP contribution in [0.15, 0.2) is 53.4 Å². The molecule has 0 aliphatic carbocycles. The van der Waals surface area contributed by atoms with E-state index in [9.17, 15) is 42.8 Å². The third-order valence-electron chi connectivity index (χ3n) is 7.26. The number of nitro groups is 1. The summed E-state index contributed by atoms with van der Waals surface area (Å²) in [4.78, 5) is 64.3. The Morgan fingerprint density at radius 2 is 1.78 bits per heavy atom. The van der Waals surface area contributed by atoms with Crippen LogP contribution in [0.5, 0.6) is 0 Å². The summed E-state index contributed by atoms with van der Waals surface area (Å²) in [6, 6.07) is 8.61. The topological polar surface area (TPSA) is 267 Å². The summed E-state index contributed by atoms with van der Waals surface area (Å²) in [6.45, 7) is 1.49. The van der Waals surface area contributed by atoms with Gasteiger partial charge in [-0.3, -0.25) is 24.6 Å². The smallest absolute Gasteiger partial charge is 0.318 e. The number of carboxylic acids is 1. The number of carbonyl (C=O) groups is 4. The number of nitrogens with two attached hydrogens (primary N) is 1. The number of ketones is 1. The maximum atomic E-state index is 13.6. The highest BCUT2D eigenvalue weighted by Crippen LogP contribution is 2.24. The zero-order valence-electron chi connectivity index (χ0n) is 24.9. The molecule has 0 spiro atoms. The molecule has 248 valence electrons. The number of aryl methyl sites for hydroxylation is 1. The fourth-order valence-electron chi connectivity index (χ4n) is 4.96. The first kappa shape index (κ1) is 35.4. The van der Waals surface area contributed by atoms with Gasteiger partial charge in [-0.25, -0.2) is 23.3 Å². The van der Waals surface area contributed by atoms with Crippen molar-refractivity contribution in [3.8, 4) is 0 Å². The van der Waals surface area contributed by atoms with Crippen LogP contribution in [0.25, 0.3) is 0 Å². The second-order valence-electron chi connectivity index (χ2n) is 10.6. The summed E-state index contributed by atoms with van der Waals surface area (Å²) in [5, 5.41) is 32.3. The van der Waals surface area contributed by atoms with Crippen molar-refractivity contribution < 1.29 is 37.7 Å². The Morgan fingerprint density at radius 1 is 1.13 bits per heavy atom. The summed E-state index contributed by atoms with van der Waals surface area (Å²) in [7, 11) is -4.01. The molecule has 1 aliphatic rings. The Morgan fingerprint density at radius 3 is 2.37 bits per heavy atom. The van der Waals surface area contributed by atoms with Gasteiger partial charge in [0.25, 0.3) is 0 Å². The molecule has 17 nitrogen and oxygen atoms in total. The van der Waals surface area contributed by atoms with Gasteiger partial charge in [0.1, 0.15) is 17.6 Å². The van der Waals surface area contributed by atoms with Crippen LogP contribution >= 0.6 is 0 Å². The third kappa shape index (κ3) is 9.70. The molecule has 0 saturated carbocycles. The Labute approximate surface area is 264 Å². The number of hydrogen-bond donors (Lipinski definition) is 7. The predicted octanol–water partition coefficient (Wildman–Crippen LogP) is 0.0535. The largest absolute Gasteiger partial charge is 0.480 e. The first-order chi connectivity index (χ1) is 21.7. The van der Waals surface area contributed by atoms with E-state index in [0.29, 0.717) is 6.42 Å². The maximum Gasteiger partial charge on any atom is 0.318 e. The number of sulfonamides is 1. The van der Waals surface area contributed by atoms with Gasteiger partial charge < -0.3 is 26.4 Å². The van der Waals surface area contributed by atoms with Crippen molar-refractivity contribution in [2.45, 2.75) is 55.5 Å². The van der Waals surface area contributed by atoms with E-state index in [1.54, 1.807) is 19.1 Å². The normalized spacial score (nSPS) is 15.8. The number of nitrogens with one attached hydrogen (secondary N) is 5. The van der Waals surface area contributed by atoms with Crippen LogP contribution in [-0.2, 0) is 29.2 Å². The molecule has 3 rings (SSSR count). The molecule has 0 radical (unpaired) electrons. The monoisotopic (exact) mass is 660 g/mol. The van der Waals surface area contributed by atoms with E-state index >= 15 is 0 Å². The van der Waals surface area contributed by atoms with Crippen LogP contribution in [0.1, 0.15) is 42.7 Å². The number of hydrogen-bond acceptors (Lipinski definition) is 9. The second kappa shape index (κ2) is 15.8. The van der Waals surface area contributed by atoms with Gasteiger partial charge in [0, 0.05) is 13.1 Å². The Kier molecular flexibility index (Phi) is 12.1. The maximum absolute atomic E-state index is 13.6. The molecule has 1 heterocycles. The molecule has 46 heavy (non-hydrogen) atoms. The molecule has 1 saturated heterocycles. The minimum Gasteiger partial charge on any atom is -0.480 e. The van der Waals surface area contributed by atoms with Crippen molar-refractivity contribution in [3.05, 3.63) is 69.8 Å². The van der Waals surface area contributed by atoms with Crippen LogP contribution in [0.3, 0.4) is 0 Å². The van der Waals surface area contributed by atoms with E-state index in [1.807, 2.05) is 5.43 Å². The fraction of sp³-hybridized carbons (Fsp3) is 0.393. The standard InChI is InChI=1S/C28H36N8O9S/c1-17-6-12-20(13-7-17)46(44,45)32-16-23(37)35-15-3-5-22(35)26(39)33-21(4-2-14-31-28(29)30)25(38)24(27(40)41)18-8-10-19(11-9-18)34-36(42)43/h6-13,21-22,24,32,34H,2-5,14-16H2,1H3,(H,33,39)(H,40,41)(H4,29,30,31)/t21-,22-,24?/m0/s1. The van der Waals surface area contributed by atoms with Crippen molar-refractivity contribution in [1.82, 2.24) is 20.3 Å². The molecule has 2 aromatic carbocycles. The van der Waals surface area contributed by atoms with E-state index in [1.165, 1.54) is 41.3 Å². The molecule has 0 aromatic heterocycles. The number of Topliss-reactive ketones (excluding diaryl/α,β-unsaturated/α-hetero) is 1. The minimum atomic E-state index is -4.01. The lowest BCUT2D eigenvalue weighted by atomic mass is 9.88. The molecule has 3 atom stereocenters. The number of carbonyl (C=O) groups excluding carboxylic acids is 3. The molecule has 18 heteroatoms. The third-order valence-corrected chi connectivity index (χ3v) is 8.68. The van der Waals surface area contributed by atoms with E-state index in [2.05, 4.69) is 15.4 Å². The van der Waals surface area contributed by atoms with Crippen LogP contribution < -0.4 is 26.5 Å². The van der Waals surface area contributed by atoms with Gasteiger partial charge in [0.05, 0.1) is 17.5 Å². The highest BCUT2D eigenvalue weighted by molar-refractivity contribution is 7.89. The number of rotatable bonds is 16. The molecule has 1 unspecified atom stereocenters. The van der Waals surface area contributed by atoms with Crippen LogP contribution in [0.4, 0.5) is 5.69 Å². The molecule has 2 aromatic rings. The number of benzene rings is 2. The molecule has 0 bridgehead atoms. The highest BCUT2D eigenvalue weighted by atomic mass is 32.2. The summed E-state index contributed by atoms with van der Waals surface area (Å²) in [5.74, 6) is -5.83. The Balaban J connectivity index is 1.76. The average Bonchev–Trinajstić information content (AvgIpc) is 3.48. The number of anilines is 1. The van der Waals surface area contributed by atoms with Crippen molar-refractivity contribution in [1.29, 1.82) is 5.41 Å². The van der Waals surface area contributed by atoms with Crippen LogP contribution in [0, 0.1) is 22.4 Å². The van der Waals surface area contributed by atoms with Crippen molar-refractivity contribution in [3.63, 3.8) is 0 Å². The van der Waals surface area contributed by atoms with Gasteiger partial charge in [-0.15, -0.1) is 5.43 Å². The highest BCUT2D eigenvalue weighted by Gasteiger charge is 2.39. The number of guanidine groups is 1. The number of nitrogens with zero attached hydrogens (tertiary/aromatic N) is 2. The lowest BCUT2D eigenvalue weighted by Crippen LogP contribution is -2.53. The molecule has 8 N–H and O–H groups in total. The zero-order chi connectivity index (χ0) is 34.0. The number of aliphatic carboxylic acids is 1. The van der Waals surface area contributed by atoms with Gasteiger partial charge in [0.15, 0.2) is 16.8 Å². The van der Waals surface area contributed by atoms with Gasteiger partial charge in [-0.2, -0.15) is 0 Å². The molecular weight excluding hydrogens is 624 g/mol. The van der Waals surface area contributed by atoms with Gasteiger partial charge in [-0.1, -0.05) is 29.8 Å². The van der Waals surface area contributed by atoms with Gasteiger partial charge in [0.2, 0.25) is 21.8 Å². The number of amides is 2. The average molecular weight is 661 g/mol. The molecular formula is C28H36N8O9S. The first-order valence-corrected chi connectivity index (χ1v) is 15.7. The summed E-state index contributed by atoms with van der Waals surface area (Å²) in [6.07, 6.45) is 0.801. The van der Waals surface area contributed by atoms with Crippen molar-refractivity contribution in [2.24, 2.45) is 5.73 Å².